The van der Waals surface area contributed by atoms with Crippen LogP contribution in [0.5, 0.6) is 11.5 Å². The third kappa shape index (κ3) is 3.27. The fourth-order valence-corrected chi connectivity index (χ4v) is 5.23. The number of rotatable bonds is 3. The number of carbonyl (C=O) groups excluding carboxylic acids is 1. The Labute approximate surface area is 207 Å². The monoisotopic (exact) mass is 574 g/mol. The van der Waals surface area contributed by atoms with Crippen LogP contribution in [0.3, 0.4) is 0 Å². The maximum atomic E-state index is 13.1. The first-order valence-electron chi connectivity index (χ1n) is 10.0. The molecule has 170 valence electrons. The summed E-state index contributed by atoms with van der Waals surface area (Å²) in [5, 5.41) is 31.3. The van der Waals surface area contributed by atoms with Crippen LogP contribution in [0.4, 0.5) is 0 Å². The number of carboxylic acid groups (broad SMARTS) is 1. The molecule has 0 fully saturated rings. The van der Waals surface area contributed by atoms with Gasteiger partial charge in [0.25, 0.3) is 0 Å². The molecule has 0 spiro atoms. The van der Waals surface area contributed by atoms with Crippen molar-refractivity contribution in [2.45, 2.75) is 33.3 Å². The Morgan fingerprint density at radius 2 is 1.33 bits per heavy atom. The van der Waals surface area contributed by atoms with Gasteiger partial charge < -0.3 is 20.1 Å². The van der Waals surface area contributed by atoms with Crippen molar-refractivity contribution in [2.75, 3.05) is 0 Å². The normalized spacial score (nSPS) is 14.2. The van der Waals surface area contributed by atoms with Gasteiger partial charge >= 0.3 is 11.9 Å². The second kappa shape index (κ2) is 7.88. The van der Waals surface area contributed by atoms with Crippen LogP contribution in [0.1, 0.15) is 59.7 Å². The maximum absolute atomic E-state index is 13.1. The van der Waals surface area contributed by atoms with Crippen molar-refractivity contribution in [3.8, 4) is 11.5 Å². The molecule has 0 amide bonds. The number of hydrogen-bond acceptors (Lipinski definition) is 5. The van der Waals surface area contributed by atoms with E-state index in [-0.39, 0.29) is 22.6 Å². The lowest BCUT2D eigenvalue weighted by molar-refractivity contribution is 0.0246. The van der Waals surface area contributed by atoms with Gasteiger partial charge in [-0.3, -0.25) is 0 Å². The van der Waals surface area contributed by atoms with Gasteiger partial charge in [-0.25, -0.2) is 9.59 Å². The van der Waals surface area contributed by atoms with E-state index in [4.69, 9.17) is 4.74 Å². The summed E-state index contributed by atoms with van der Waals surface area (Å²) >= 11 is 6.77. The predicted molar refractivity (Wildman–Crippen MR) is 129 cm³/mol. The van der Waals surface area contributed by atoms with Gasteiger partial charge in [0.2, 0.25) is 0 Å². The molecule has 0 aromatic heterocycles. The van der Waals surface area contributed by atoms with Crippen LogP contribution in [0.15, 0.2) is 39.3 Å². The van der Waals surface area contributed by atoms with Gasteiger partial charge in [-0.15, -0.1) is 0 Å². The van der Waals surface area contributed by atoms with Crippen LogP contribution in [0.2, 0.25) is 0 Å². The van der Waals surface area contributed by atoms with Gasteiger partial charge in [-0.1, -0.05) is 0 Å². The standard InChI is InChI=1S/C25H20Br2O6/c1-10-7-16(12(3)21(28)19(10)26)25(17-8-11(2)20(27)22(29)13(17)4)18-9-14(23(30)31)5-6-15(18)24(32)33-25/h5-9,28-29H,1-4H3,(H,30,31). The lowest BCUT2D eigenvalue weighted by Gasteiger charge is -2.34. The Hall–Kier alpha value is -2.84. The molecule has 1 aliphatic heterocycles. The number of carbonyl (C=O) groups is 2. The van der Waals surface area contributed by atoms with Gasteiger partial charge in [0.15, 0.2) is 5.60 Å². The number of ether oxygens (including phenoxy) is 1. The molecular formula is C25H20Br2O6. The van der Waals surface area contributed by atoms with Crippen LogP contribution in [0, 0.1) is 27.7 Å². The number of benzene rings is 3. The van der Waals surface area contributed by atoms with E-state index in [0.29, 0.717) is 47.9 Å². The van der Waals surface area contributed by atoms with Crippen LogP contribution in [-0.4, -0.2) is 27.3 Å². The average molecular weight is 576 g/mol. The minimum atomic E-state index is -1.59. The molecule has 3 aromatic rings. The molecule has 0 bridgehead atoms. The molecule has 1 aliphatic rings. The van der Waals surface area contributed by atoms with Crippen LogP contribution < -0.4 is 0 Å². The Morgan fingerprint density at radius 1 is 0.848 bits per heavy atom. The van der Waals surface area contributed by atoms with Crippen LogP contribution in [-0.2, 0) is 10.3 Å². The first kappa shape index (κ1) is 23.3. The molecule has 0 saturated heterocycles. The number of phenolic OH excluding ortho intramolecular Hbond substituents is 2. The summed E-state index contributed by atoms with van der Waals surface area (Å²) in [5.41, 5.74) is 2.20. The van der Waals surface area contributed by atoms with Gasteiger partial charge in [-0.2, -0.15) is 0 Å². The summed E-state index contributed by atoms with van der Waals surface area (Å²) in [6, 6.07) is 7.80. The van der Waals surface area contributed by atoms with Crippen molar-refractivity contribution < 1.29 is 29.6 Å². The molecule has 4 rings (SSSR count). The summed E-state index contributed by atoms with van der Waals surface area (Å²) < 4.78 is 7.12. The predicted octanol–water partition coefficient (Wildman–Crippen LogP) is 6.02. The summed E-state index contributed by atoms with van der Waals surface area (Å²) in [5.74, 6) is -1.80. The van der Waals surface area contributed by atoms with Gasteiger partial charge in [0.1, 0.15) is 11.5 Å². The highest BCUT2D eigenvalue weighted by Gasteiger charge is 2.51. The molecule has 0 aliphatic carbocycles. The summed E-state index contributed by atoms with van der Waals surface area (Å²) in [4.78, 5) is 24.9. The van der Waals surface area contributed by atoms with Crippen molar-refractivity contribution in [1.29, 1.82) is 0 Å². The van der Waals surface area contributed by atoms with Crippen molar-refractivity contribution in [3.05, 3.63) is 89.3 Å². The number of cyclic esters (lactones) is 1. The zero-order valence-electron chi connectivity index (χ0n) is 18.2. The molecule has 0 unspecified atom stereocenters. The molecule has 1 heterocycles. The smallest absolute Gasteiger partial charge is 0.340 e. The lowest BCUT2D eigenvalue weighted by atomic mass is 9.75. The highest BCUT2D eigenvalue weighted by molar-refractivity contribution is 9.11. The first-order valence-corrected chi connectivity index (χ1v) is 11.6. The van der Waals surface area contributed by atoms with E-state index in [2.05, 4.69) is 31.9 Å². The maximum Gasteiger partial charge on any atom is 0.340 e. The number of halogens is 2. The van der Waals surface area contributed by atoms with E-state index in [1.165, 1.54) is 18.2 Å². The minimum Gasteiger partial charge on any atom is -0.506 e. The molecule has 8 heteroatoms. The zero-order valence-corrected chi connectivity index (χ0v) is 21.4. The van der Waals surface area contributed by atoms with Gasteiger partial charge in [-0.05, 0) is 112 Å². The molecule has 0 radical (unpaired) electrons. The van der Waals surface area contributed by atoms with Crippen molar-refractivity contribution in [1.82, 2.24) is 0 Å². The Kier molecular flexibility index (Phi) is 5.57. The van der Waals surface area contributed by atoms with Gasteiger partial charge in [0, 0.05) is 16.7 Å². The molecule has 33 heavy (non-hydrogen) atoms. The summed E-state index contributed by atoms with van der Waals surface area (Å²) in [6.07, 6.45) is 0. The van der Waals surface area contributed by atoms with E-state index in [1.54, 1.807) is 39.8 Å². The Balaban J connectivity index is 2.24. The van der Waals surface area contributed by atoms with Crippen molar-refractivity contribution >= 4 is 43.8 Å². The largest absolute Gasteiger partial charge is 0.506 e. The van der Waals surface area contributed by atoms with E-state index >= 15 is 0 Å². The fraction of sp³-hybridized carbons (Fsp3) is 0.200. The molecule has 0 saturated carbocycles. The summed E-state index contributed by atoms with van der Waals surface area (Å²) in [6.45, 7) is 6.99. The molecule has 0 atom stereocenters. The first-order chi connectivity index (χ1) is 15.4. The quantitative estimate of drug-likeness (QED) is 0.330. The lowest BCUT2D eigenvalue weighted by Crippen LogP contribution is -2.32. The average Bonchev–Trinajstić information content (AvgIpc) is 3.08. The minimum absolute atomic E-state index is 0.0113. The second-order valence-corrected chi connectivity index (χ2v) is 9.78. The number of aromatic carboxylic acids is 1. The van der Waals surface area contributed by atoms with E-state index < -0.39 is 17.5 Å². The zero-order chi connectivity index (χ0) is 24.4. The number of aromatic hydroxyl groups is 2. The number of aryl methyl sites for hydroxylation is 2. The Bertz CT molecular complexity index is 1310. The molecule has 6 nitrogen and oxygen atoms in total. The highest BCUT2D eigenvalue weighted by atomic mass is 79.9. The van der Waals surface area contributed by atoms with E-state index in [1.807, 2.05) is 0 Å². The molecular weight excluding hydrogens is 556 g/mol. The summed E-state index contributed by atoms with van der Waals surface area (Å²) in [7, 11) is 0. The number of carboxylic acids is 1. The molecule has 3 aromatic carbocycles. The number of esters is 1. The third-order valence-electron chi connectivity index (χ3n) is 6.22. The van der Waals surface area contributed by atoms with E-state index in [9.17, 15) is 24.9 Å². The number of hydrogen-bond donors (Lipinski definition) is 3. The third-order valence-corrected chi connectivity index (χ3v) is 8.22. The van der Waals surface area contributed by atoms with Crippen LogP contribution in [0.25, 0.3) is 0 Å². The molecule has 3 N–H and O–H groups in total. The number of phenols is 2. The highest BCUT2D eigenvalue weighted by Crippen LogP contribution is 2.53. The SMILES string of the molecule is Cc1cc(C2(c3cc(C)c(Br)c(O)c3C)OC(=O)c3ccc(C(=O)O)cc32)c(C)c(O)c1Br. The van der Waals surface area contributed by atoms with Crippen molar-refractivity contribution in [3.63, 3.8) is 0 Å². The van der Waals surface area contributed by atoms with Crippen molar-refractivity contribution in [2.24, 2.45) is 0 Å². The van der Waals surface area contributed by atoms with Gasteiger partial charge in [0.05, 0.1) is 20.1 Å². The number of fused-ring (bicyclic) bond motifs is 1. The second-order valence-electron chi connectivity index (χ2n) is 8.19. The topological polar surface area (TPSA) is 104 Å². The van der Waals surface area contributed by atoms with E-state index in [0.717, 1.165) is 0 Å². The fourth-order valence-electron chi connectivity index (χ4n) is 4.41. The van der Waals surface area contributed by atoms with Crippen LogP contribution >= 0.6 is 31.9 Å². The Morgan fingerprint density at radius 3 is 1.79 bits per heavy atom.